The summed E-state index contributed by atoms with van der Waals surface area (Å²) in [5.74, 6) is -5.87. The molecule has 2 aromatic heterocycles. The topological polar surface area (TPSA) is 315 Å². The smallest absolute Gasteiger partial charge is 0.243 e. The second kappa shape index (κ2) is 22.8. The number of nitrogens with zero attached hydrogens (tertiary/aromatic N) is 1. The number of H-pyrrole nitrogens is 2. The lowest BCUT2D eigenvalue weighted by molar-refractivity contribution is -0.134. The molecule has 0 bridgehead atoms. The van der Waals surface area contributed by atoms with Gasteiger partial charge in [-0.3, -0.25) is 38.4 Å². The summed E-state index contributed by atoms with van der Waals surface area (Å²) in [5, 5.41) is 30.4. The van der Waals surface area contributed by atoms with Crippen LogP contribution in [-0.2, 0) is 56.0 Å². The number of aliphatic hydroxyl groups is 1. The molecule has 0 aliphatic carbocycles. The van der Waals surface area contributed by atoms with Crippen LogP contribution in [0, 0.1) is 5.92 Å². The number of benzene rings is 1. The number of aromatic nitrogens is 3. The van der Waals surface area contributed by atoms with Crippen molar-refractivity contribution < 1.29 is 48.3 Å². The molecule has 3 rings (SSSR count). The number of hydrogen-bond acceptors (Lipinski definition) is 11. The van der Waals surface area contributed by atoms with Crippen LogP contribution in [0.2, 0.25) is 0 Å². The van der Waals surface area contributed by atoms with Crippen LogP contribution >= 0.6 is 0 Å². The number of aliphatic hydroxyl groups excluding tert-OH is 1. The van der Waals surface area contributed by atoms with Crippen molar-refractivity contribution in [2.45, 2.75) is 77.2 Å². The van der Waals surface area contributed by atoms with Crippen molar-refractivity contribution in [3.8, 4) is 0 Å². The molecular weight excluding hydrogens is 758 g/mol. The highest BCUT2D eigenvalue weighted by molar-refractivity contribution is 5.96. The number of nitrogens with one attached hydrogen (secondary N) is 10. The quantitative estimate of drug-likeness (QED) is 0.0422. The van der Waals surface area contributed by atoms with Gasteiger partial charge in [0, 0.05) is 61.7 Å². The molecule has 11 N–H and O–H groups in total. The summed E-state index contributed by atoms with van der Waals surface area (Å²) >= 11 is 0. The van der Waals surface area contributed by atoms with Gasteiger partial charge in [-0.25, -0.2) is 4.98 Å². The number of aldehydes is 1. The van der Waals surface area contributed by atoms with Crippen LogP contribution in [0.15, 0.2) is 43.0 Å². The van der Waals surface area contributed by atoms with Crippen molar-refractivity contribution in [1.29, 1.82) is 0 Å². The Bertz CT molecular complexity index is 1910. The third kappa shape index (κ3) is 15.1. The van der Waals surface area contributed by atoms with E-state index >= 15 is 0 Å². The van der Waals surface area contributed by atoms with Gasteiger partial charge in [0.25, 0.3) is 0 Å². The molecule has 0 aliphatic heterocycles. The largest absolute Gasteiger partial charge is 0.391 e. The average molecular weight is 810 g/mol. The van der Waals surface area contributed by atoms with Crippen molar-refractivity contribution >= 4 is 64.4 Å². The first-order valence-electron chi connectivity index (χ1n) is 18.5. The molecule has 0 fully saturated rings. The minimum absolute atomic E-state index is 0.00137. The Morgan fingerprint density at radius 2 is 1.40 bits per heavy atom. The number of aromatic amines is 2. The van der Waals surface area contributed by atoms with Gasteiger partial charge < -0.3 is 62.4 Å². The maximum absolute atomic E-state index is 13.6. The van der Waals surface area contributed by atoms with Crippen molar-refractivity contribution in [1.82, 2.24) is 57.5 Å². The summed E-state index contributed by atoms with van der Waals surface area (Å²) in [6.45, 7) is 4.26. The van der Waals surface area contributed by atoms with E-state index in [0.29, 0.717) is 17.5 Å². The van der Waals surface area contributed by atoms with Crippen LogP contribution < -0.4 is 42.5 Å². The normalized spacial score (nSPS) is 13.5. The molecule has 3 aromatic rings. The Hall–Kier alpha value is -6.64. The van der Waals surface area contributed by atoms with Crippen LogP contribution in [0.3, 0.4) is 0 Å². The van der Waals surface area contributed by atoms with E-state index in [0.717, 1.165) is 10.9 Å². The molecule has 0 spiro atoms. The lowest BCUT2D eigenvalue weighted by Crippen LogP contribution is -2.58. The predicted molar refractivity (Wildman–Crippen MR) is 207 cm³/mol. The van der Waals surface area contributed by atoms with Gasteiger partial charge in [-0.15, -0.1) is 0 Å². The van der Waals surface area contributed by atoms with Crippen LogP contribution in [0.4, 0.5) is 0 Å². The maximum Gasteiger partial charge on any atom is 0.243 e. The molecule has 0 aliphatic rings. The molecular formula is C37H51N11O10. The Kier molecular flexibility index (Phi) is 18.0. The van der Waals surface area contributed by atoms with Gasteiger partial charge >= 0.3 is 0 Å². The molecule has 0 radical (unpaired) electrons. The number of rotatable bonds is 23. The second-order valence-corrected chi connectivity index (χ2v) is 13.8. The number of imidazole rings is 1. The molecule has 1 aromatic carbocycles. The first kappa shape index (κ1) is 45.7. The van der Waals surface area contributed by atoms with Crippen molar-refractivity contribution in [3.63, 3.8) is 0 Å². The summed E-state index contributed by atoms with van der Waals surface area (Å²) < 4.78 is 0. The number of fused-ring (bicyclic) bond motifs is 1. The summed E-state index contributed by atoms with van der Waals surface area (Å²) in [6, 6.07) is 2.58. The molecule has 5 unspecified atom stereocenters. The van der Waals surface area contributed by atoms with Gasteiger partial charge in [0.2, 0.25) is 47.3 Å². The van der Waals surface area contributed by atoms with E-state index < -0.39 is 96.5 Å². The summed E-state index contributed by atoms with van der Waals surface area (Å²) in [7, 11) is 0. The monoisotopic (exact) mass is 809 g/mol. The summed E-state index contributed by atoms with van der Waals surface area (Å²) in [4.78, 5) is 122. The Balaban J connectivity index is 1.62. The van der Waals surface area contributed by atoms with E-state index in [1.54, 1.807) is 20.0 Å². The van der Waals surface area contributed by atoms with Gasteiger partial charge in [0.05, 0.1) is 32.1 Å². The Morgan fingerprint density at radius 1 is 0.741 bits per heavy atom. The van der Waals surface area contributed by atoms with E-state index in [2.05, 4.69) is 57.5 Å². The second-order valence-electron chi connectivity index (χ2n) is 13.8. The molecule has 21 heteroatoms. The van der Waals surface area contributed by atoms with Crippen molar-refractivity contribution in [3.05, 3.63) is 54.2 Å². The highest BCUT2D eigenvalue weighted by atomic mass is 16.3. The fourth-order valence-electron chi connectivity index (χ4n) is 5.50. The molecule has 314 valence electrons. The van der Waals surface area contributed by atoms with E-state index in [-0.39, 0.29) is 32.4 Å². The summed E-state index contributed by atoms with van der Waals surface area (Å²) in [6.07, 6.45) is 3.71. The minimum atomic E-state index is -1.21. The SMILES string of the molecule is CC(=O)NCC(=O)NCC(=O)NC(Cc1c[nH]c2ccccc12)C(=O)NC(C)C(=O)NC(C(=O)NCC(=O)NC(Cc1cnc[nH]1)C(=O)NCC(O)CC=O)C(C)C. The Labute approximate surface area is 333 Å². The molecule has 58 heavy (non-hydrogen) atoms. The number of para-hydroxylation sites is 1. The van der Waals surface area contributed by atoms with E-state index in [4.69, 9.17) is 0 Å². The lowest BCUT2D eigenvalue weighted by atomic mass is 10.0. The lowest BCUT2D eigenvalue weighted by Gasteiger charge is -2.25. The molecule has 21 nitrogen and oxygen atoms in total. The van der Waals surface area contributed by atoms with Crippen LogP contribution in [-0.4, -0.2) is 130 Å². The van der Waals surface area contributed by atoms with E-state index in [1.807, 2.05) is 24.3 Å². The highest BCUT2D eigenvalue weighted by Crippen LogP contribution is 2.19. The zero-order valence-corrected chi connectivity index (χ0v) is 32.6. The molecule has 8 amide bonds. The first-order chi connectivity index (χ1) is 27.6. The van der Waals surface area contributed by atoms with Crippen molar-refractivity contribution in [2.75, 3.05) is 26.2 Å². The molecule has 5 atom stereocenters. The fraction of sp³-hybridized carbons (Fsp3) is 0.459. The standard InChI is InChI=1S/C37H51N11O10/c1-20(2)33(37(58)43-18-32(54)47-29(12-24-14-38-19-44-24)35(56)42-15-25(51)9-10-49)48-34(55)21(3)45-36(57)28(11-23-13-40-27-8-6-5-7-26(23)27)46-31(53)17-41-30(52)16-39-22(4)50/h5-8,10,13-14,19-21,25,28-29,33,40,51H,9,11-12,15-18H2,1-4H3,(H,38,44)(H,39,50)(H,41,52)(H,42,56)(H,43,58)(H,45,57)(H,46,53)(H,47,54)(H,48,55). The number of carbonyl (C=O) groups excluding carboxylic acids is 9. The maximum atomic E-state index is 13.6. The molecule has 0 saturated heterocycles. The zero-order chi connectivity index (χ0) is 42.8. The van der Waals surface area contributed by atoms with Gasteiger partial charge in [0.1, 0.15) is 30.5 Å². The van der Waals surface area contributed by atoms with Crippen molar-refractivity contribution in [2.24, 2.45) is 5.92 Å². The van der Waals surface area contributed by atoms with Gasteiger partial charge in [-0.2, -0.15) is 0 Å². The minimum Gasteiger partial charge on any atom is -0.391 e. The third-order valence-electron chi connectivity index (χ3n) is 8.63. The first-order valence-corrected chi connectivity index (χ1v) is 18.5. The molecule has 2 heterocycles. The number of amides is 8. The third-order valence-corrected chi connectivity index (χ3v) is 8.63. The fourth-order valence-corrected chi connectivity index (χ4v) is 5.50. The van der Waals surface area contributed by atoms with Crippen LogP contribution in [0.5, 0.6) is 0 Å². The zero-order valence-electron chi connectivity index (χ0n) is 32.6. The average Bonchev–Trinajstić information content (AvgIpc) is 3.85. The van der Waals surface area contributed by atoms with E-state index in [9.17, 15) is 48.3 Å². The van der Waals surface area contributed by atoms with E-state index in [1.165, 1.54) is 26.4 Å². The molecule has 0 saturated carbocycles. The van der Waals surface area contributed by atoms with Crippen LogP contribution in [0.1, 0.15) is 45.4 Å². The van der Waals surface area contributed by atoms with Crippen LogP contribution in [0.25, 0.3) is 10.9 Å². The number of hydrogen-bond donors (Lipinski definition) is 11. The predicted octanol–water partition coefficient (Wildman–Crippen LogP) is -3.27. The van der Waals surface area contributed by atoms with Gasteiger partial charge in [-0.05, 0) is 24.5 Å². The Morgan fingerprint density at radius 3 is 2.03 bits per heavy atom. The number of carbonyl (C=O) groups is 9. The summed E-state index contributed by atoms with van der Waals surface area (Å²) in [5.41, 5.74) is 1.99. The van der Waals surface area contributed by atoms with Gasteiger partial charge in [0.15, 0.2) is 0 Å². The highest BCUT2D eigenvalue weighted by Gasteiger charge is 2.30. The van der Waals surface area contributed by atoms with Gasteiger partial charge in [-0.1, -0.05) is 32.0 Å².